The van der Waals surface area contributed by atoms with Crippen LogP contribution in [-0.4, -0.2) is 69.9 Å². The Labute approximate surface area is 157 Å². The van der Waals surface area contributed by atoms with Gasteiger partial charge in [0.15, 0.2) is 5.96 Å². The summed E-state index contributed by atoms with van der Waals surface area (Å²) < 4.78 is 31.2. The summed E-state index contributed by atoms with van der Waals surface area (Å²) in [6.07, 6.45) is 2.32. The van der Waals surface area contributed by atoms with E-state index in [2.05, 4.69) is 15.6 Å². The quantitative estimate of drug-likeness (QED) is 0.304. The lowest BCUT2D eigenvalue weighted by Crippen LogP contribution is -2.42. The van der Waals surface area contributed by atoms with E-state index in [0.29, 0.717) is 32.1 Å². The molecule has 23 heavy (non-hydrogen) atoms. The Morgan fingerprint density at radius 1 is 1.26 bits per heavy atom. The predicted molar refractivity (Wildman–Crippen MR) is 105 cm³/mol. The van der Waals surface area contributed by atoms with Crippen LogP contribution < -0.4 is 10.6 Å². The molecule has 1 fully saturated rings. The van der Waals surface area contributed by atoms with Crippen molar-refractivity contribution in [3.05, 3.63) is 0 Å². The van der Waals surface area contributed by atoms with Gasteiger partial charge in [-0.05, 0) is 19.8 Å². The van der Waals surface area contributed by atoms with Crippen LogP contribution in [-0.2, 0) is 14.8 Å². The number of nitrogens with zero attached hydrogens (tertiary/aromatic N) is 2. The van der Waals surface area contributed by atoms with E-state index in [1.807, 2.05) is 20.8 Å². The zero-order valence-corrected chi connectivity index (χ0v) is 17.5. The van der Waals surface area contributed by atoms with Gasteiger partial charge in [-0.3, -0.25) is 4.99 Å². The van der Waals surface area contributed by atoms with E-state index in [0.717, 1.165) is 26.0 Å². The number of ether oxygens (including phenoxy) is 1. The number of rotatable bonds is 9. The molecule has 1 heterocycles. The number of aliphatic imine (C=N–C) groups is 1. The average Bonchev–Trinajstić information content (AvgIpc) is 2.99. The fourth-order valence-electron chi connectivity index (χ4n) is 2.37. The van der Waals surface area contributed by atoms with Crippen molar-refractivity contribution in [2.45, 2.75) is 39.7 Å². The molecule has 0 amide bonds. The van der Waals surface area contributed by atoms with Gasteiger partial charge in [0.25, 0.3) is 0 Å². The summed E-state index contributed by atoms with van der Waals surface area (Å²) >= 11 is 0. The van der Waals surface area contributed by atoms with Crippen molar-refractivity contribution in [1.82, 2.24) is 14.9 Å². The van der Waals surface area contributed by atoms with Crippen LogP contribution in [0.1, 0.15) is 33.6 Å². The molecule has 0 saturated carbocycles. The second-order valence-corrected chi connectivity index (χ2v) is 7.27. The average molecular weight is 462 g/mol. The molecule has 0 spiro atoms. The maximum Gasteiger partial charge on any atom is 0.215 e. The van der Waals surface area contributed by atoms with Gasteiger partial charge in [-0.1, -0.05) is 13.8 Å². The summed E-state index contributed by atoms with van der Waals surface area (Å²) in [7, 11) is -3.20. The van der Waals surface area contributed by atoms with Crippen molar-refractivity contribution in [3.63, 3.8) is 0 Å². The van der Waals surface area contributed by atoms with Gasteiger partial charge in [-0.15, -0.1) is 24.0 Å². The Morgan fingerprint density at radius 2 is 1.96 bits per heavy atom. The number of hydrogen-bond acceptors (Lipinski definition) is 4. The molecule has 0 aromatic heterocycles. The van der Waals surface area contributed by atoms with E-state index >= 15 is 0 Å². The van der Waals surface area contributed by atoms with Crippen LogP contribution in [0.3, 0.4) is 0 Å². The Kier molecular flexibility index (Phi) is 12.2. The molecule has 1 unspecified atom stereocenters. The third-order valence-corrected chi connectivity index (χ3v) is 5.60. The topological polar surface area (TPSA) is 83.0 Å². The van der Waals surface area contributed by atoms with Gasteiger partial charge in [0.05, 0.1) is 18.4 Å². The van der Waals surface area contributed by atoms with Crippen LogP contribution in [0.15, 0.2) is 4.99 Å². The number of halogens is 1. The lowest BCUT2D eigenvalue weighted by Gasteiger charge is -2.19. The highest BCUT2D eigenvalue weighted by atomic mass is 127. The van der Waals surface area contributed by atoms with Gasteiger partial charge >= 0.3 is 0 Å². The van der Waals surface area contributed by atoms with Crippen molar-refractivity contribution in [2.75, 3.05) is 45.1 Å². The van der Waals surface area contributed by atoms with Crippen LogP contribution in [0, 0.1) is 0 Å². The minimum Gasteiger partial charge on any atom is -0.376 e. The van der Waals surface area contributed by atoms with Gasteiger partial charge < -0.3 is 15.4 Å². The summed E-state index contributed by atoms with van der Waals surface area (Å²) in [6, 6.07) is 0. The summed E-state index contributed by atoms with van der Waals surface area (Å²) in [6.45, 7) is 9.19. The largest absolute Gasteiger partial charge is 0.376 e. The van der Waals surface area contributed by atoms with Crippen molar-refractivity contribution < 1.29 is 13.2 Å². The number of hydrogen-bond donors (Lipinski definition) is 2. The lowest BCUT2D eigenvalue weighted by molar-refractivity contribution is 0.117. The molecule has 1 aliphatic rings. The van der Waals surface area contributed by atoms with E-state index in [-0.39, 0.29) is 35.8 Å². The lowest BCUT2D eigenvalue weighted by atomic mass is 10.2. The van der Waals surface area contributed by atoms with Crippen LogP contribution >= 0.6 is 24.0 Å². The first-order valence-electron chi connectivity index (χ1n) is 8.15. The van der Waals surface area contributed by atoms with E-state index in [9.17, 15) is 8.42 Å². The zero-order valence-electron chi connectivity index (χ0n) is 14.4. The first-order valence-corrected chi connectivity index (χ1v) is 9.76. The van der Waals surface area contributed by atoms with Gasteiger partial charge in [-0.2, -0.15) is 0 Å². The van der Waals surface area contributed by atoms with Crippen molar-refractivity contribution in [1.29, 1.82) is 0 Å². The highest BCUT2D eigenvalue weighted by Gasteiger charge is 2.18. The summed E-state index contributed by atoms with van der Waals surface area (Å²) in [5, 5.41) is 6.21. The van der Waals surface area contributed by atoms with Crippen molar-refractivity contribution >= 4 is 40.0 Å². The van der Waals surface area contributed by atoms with Gasteiger partial charge in [0.1, 0.15) is 0 Å². The van der Waals surface area contributed by atoms with Crippen LogP contribution in [0.25, 0.3) is 0 Å². The number of guanidine groups is 1. The third kappa shape index (κ3) is 8.50. The van der Waals surface area contributed by atoms with E-state index in [1.165, 1.54) is 4.31 Å². The predicted octanol–water partition coefficient (Wildman–Crippen LogP) is 1.01. The molecular formula is C14H31IN4O3S. The Hall–Kier alpha value is -0.130. The van der Waals surface area contributed by atoms with E-state index in [4.69, 9.17) is 4.74 Å². The summed E-state index contributed by atoms with van der Waals surface area (Å²) in [4.78, 5) is 4.46. The minimum absolute atomic E-state index is 0. The molecule has 0 radical (unpaired) electrons. The molecule has 1 atom stereocenters. The summed E-state index contributed by atoms with van der Waals surface area (Å²) in [5.74, 6) is 0.715. The smallest absolute Gasteiger partial charge is 0.215 e. The van der Waals surface area contributed by atoms with Crippen LogP contribution in [0.5, 0.6) is 0 Å². The minimum atomic E-state index is -3.20. The summed E-state index contributed by atoms with van der Waals surface area (Å²) in [5.41, 5.74) is 0. The van der Waals surface area contributed by atoms with Crippen LogP contribution in [0.2, 0.25) is 0 Å². The number of sulfonamides is 1. The second-order valence-electron chi connectivity index (χ2n) is 5.18. The van der Waals surface area contributed by atoms with Gasteiger partial charge in [-0.25, -0.2) is 12.7 Å². The van der Waals surface area contributed by atoms with Gasteiger partial charge in [0.2, 0.25) is 10.0 Å². The molecule has 1 aliphatic heterocycles. The standard InChI is InChI=1S/C14H30N4O3S.HI/c1-4-15-14(17-12-13-8-7-10-21-13)16-9-11-22(19,20)18(5-2)6-3;/h13H,4-12H2,1-3H3,(H2,15,16,17);1H. The highest BCUT2D eigenvalue weighted by Crippen LogP contribution is 2.11. The maximum atomic E-state index is 12.1. The maximum absolute atomic E-state index is 12.1. The molecule has 7 nitrogen and oxygen atoms in total. The monoisotopic (exact) mass is 462 g/mol. The van der Waals surface area contributed by atoms with Crippen LogP contribution in [0.4, 0.5) is 0 Å². The highest BCUT2D eigenvalue weighted by molar-refractivity contribution is 14.0. The molecule has 1 rings (SSSR count). The first-order chi connectivity index (χ1) is 10.5. The van der Waals surface area contributed by atoms with Crippen molar-refractivity contribution in [3.8, 4) is 0 Å². The molecule has 138 valence electrons. The molecule has 0 aromatic rings. The SMILES string of the molecule is CCNC(=NCC1CCCO1)NCCS(=O)(=O)N(CC)CC.I. The molecule has 0 bridgehead atoms. The molecular weight excluding hydrogens is 431 g/mol. The fraction of sp³-hybridized carbons (Fsp3) is 0.929. The second kappa shape index (κ2) is 12.3. The Morgan fingerprint density at radius 3 is 2.48 bits per heavy atom. The van der Waals surface area contributed by atoms with E-state index in [1.54, 1.807) is 0 Å². The molecule has 0 aromatic carbocycles. The van der Waals surface area contributed by atoms with Crippen molar-refractivity contribution in [2.24, 2.45) is 4.99 Å². The third-order valence-electron chi connectivity index (χ3n) is 3.57. The zero-order chi connectivity index (χ0) is 16.4. The Bertz CT molecular complexity index is 435. The molecule has 2 N–H and O–H groups in total. The molecule has 1 saturated heterocycles. The normalized spacial score (nSPS) is 18.8. The first kappa shape index (κ1) is 22.9. The van der Waals surface area contributed by atoms with E-state index < -0.39 is 10.0 Å². The fourth-order valence-corrected chi connectivity index (χ4v) is 3.77. The number of nitrogens with one attached hydrogen (secondary N) is 2. The molecule has 0 aliphatic carbocycles. The van der Waals surface area contributed by atoms with Gasteiger partial charge in [0, 0.05) is 32.8 Å². The molecule has 9 heteroatoms. The Balaban J connectivity index is 0.00000484.